The number of hydrogen-bond acceptors (Lipinski definition) is 6. The third-order valence-corrected chi connectivity index (χ3v) is 6.63. The molecule has 0 bridgehead atoms. The minimum absolute atomic E-state index is 0.00471. The lowest BCUT2D eigenvalue weighted by Crippen LogP contribution is -2.55. The second-order valence-corrected chi connectivity index (χ2v) is 8.68. The summed E-state index contributed by atoms with van der Waals surface area (Å²) in [6.07, 6.45) is 0.296. The zero-order chi connectivity index (χ0) is 23.2. The van der Waals surface area contributed by atoms with Crippen molar-refractivity contribution >= 4 is 11.5 Å². The minimum Gasteiger partial charge on any atom is -0.441 e. The number of oxazole rings is 1. The van der Waals surface area contributed by atoms with Crippen molar-refractivity contribution in [2.75, 3.05) is 13.7 Å². The van der Waals surface area contributed by atoms with Gasteiger partial charge in [-0.1, -0.05) is 43.2 Å². The molecular weight excluding hydrogens is 437 g/mol. The first-order chi connectivity index (χ1) is 15.9. The van der Waals surface area contributed by atoms with Gasteiger partial charge in [0.2, 0.25) is 5.89 Å². The van der Waals surface area contributed by atoms with E-state index in [2.05, 4.69) is 15.7 Å². The van der Waals surface area contributed by atoms with E-state index in [0.717, 1.165) is 30.7 Å². The van der Waals surface area contributed by atoms with Crippen LogP contribution in [0.3, 0.4) is 0 Å². The average molecular weight is 462 g/mol. The maximum Gasteiger partial charge on any atom is 0.406 e. The third kappa shape index (κ3) is 3.91. The van der Waals surface area contributed by atoms with Crippen LogP contribution in [0.25, 0.3) is 5.57 Å². The van der Waals surface area contributed by atoms with Gasteiger partial charge < -0.3 is 14.5 Å². The molecule has 10 heteroatoms. The van der Waals surface area contributed by atoms with Crippen LogP contribution in [0.15, 0.2) is 46.6 Å². The van der Waals surface area contributed by atoms with Gasteiger partial charge in [0, 0.05) is 13.0 Å². The SMILES string of the molecule is COCC1=C(c2ncc(C3CCCC3)o2)C(=O)N2NC(C(F)(F)F)C(c3ccccc3)C2N1. The molecule has 33 heavy (non-hydrogen) atoms. The van der Waals surface area contributed by atoms with Crippen molar-refractivity contribution in [1.29, 1.82) is 0 Å². The predicted molar refractivity (Wildman–Crippen MR) is 112 cm³/mol. The summed E-state index contributed by atoms with van der Waals surface area (Å²) >= 11 is 0. The van der Waals surface area contributed by atoms with Gasteiger partial charge in [0.1, 0.15) is 23.5 Å². The first kappa shape index (κ1) is 22.0. The molecular formula is C23H25F3N4O3. The number of carbonyl (C=O) groups excluding carboxylic acids is 1. The van der Waals surface area contributed by atoms with Crippen LogP contribution in [0, 0.1) is 0 Å². The van der Waals surface area contributed by atoms with E-state index in [1.165, 1.54) is 7.11 Å². The number of aromatic nitrogens is 1. The molecule has 2 fully saturated rings. The number of hydrogen-bond donors (Lipinski definition) is 2. The lowest BCUT2D eigenvalue weighted by Gasteiger charge is -2.35. The smallest absolute Gasteiger partial charge is 0.406 e. The Morgan fingerprint density at radius 2 is 1.94 bits per heavy atom. The molecule has 2 N–H and O–H groups in total. The van der Waals surface area contributed by atoms with Gasteiger partial charge in [0.15, 0.2) is 0 Å². The van der Waals surface area contributed by atoms with E-state index in [4.69, 9.17) is 9.15 Å². The lowest BCUT2D eigenvalue weighted by molar-refractivity contribution is -0.161. The highest BCUT2D eigenvalue weighted by Crippen LogP contribution is 2.43. The van der Waals surface area contributed by atoms with E-state index in [1.807, 2.05) is 0 Å². The Morgan fingerprint density at radius 1 is 1.21 bits per heavy atom. The summed E-state index contributed by atoms with van der Waals surface area (Å²) in [4.78, 5) is 17.8. The number of fused-ring (bicyclic) bond motifs is 1. The molecule has 1 amide bonds. The van der Waals surface area contributed by atoms with Crippen molar-refractivity contribution in [2.45, 2.75) is 55.9 Å². The van der Waals surface area contributed by atoms with Crippen molar-refractivity contribution in [3.8, 4) is 0 Å². The van der Waals surface area contributed by atoms with E-state index in [1.54, 1.807) is 36.5 Å². The van der Waals surface area contributed by atoms with Crippen LogP contribution < -0.4 is 10.7 Å². The fraction of sp³-hybridized carbons (Fsp3) is 0.478. The molecule has 0 radical (unpaired) electrons. The van der Waals surface area contributed by atoms with Crippen molar-refractivity contribution in [1.82, 2.24) is 20.7 Å². The molecule has 176 valence electrons. The van der Waals surface area contributed by atoms with Crippen LogP contribution in [0.1, 0.15) is 54.7 Å². The third-order valence-electron chi connectivity index (χ3n) is 6.63. The van der Waals surface area contributed by atoms with E-state index in [-0.39, 0.29) is 24.0 Å². The number of amides is 1. The van der Waals surface area contributed by atoms with Crippen molar-refractivity contribution in [3.63, 3.8) is 0 Å². The number of ether oxygens (including phenoxy) is 1. The van der Waals surface area contributed by atoms with Gasteiger partial charge in [-0.15, -0.1) is 0 Å². The van der Waals surface area contributed by atoms with Gasteiger partial charge >= 0.3 is 6.18 Å². The highest BCUT2D eigenvalue weighted by Gasteiger charge is 2.58. The number of rotatable bonds is 5. The zero-order valence-electron chi connectivity index (χ0n) is 18.1. The van der Waals surface area contributed by atoms with Crippen LogP contribution in [0.4, 0.5) is 13.2 Å². The summed E-state index contributed by atoms with van der Waals surface area (Å²) in [5, 5.41) is 4.14. The van der Waals surface area contributed by atoms with Crippen LogP contribution >= 0.6 is 0 Å². The van der Waals surface area contributed by atoms with Crippen LogP contribution in [0.2, 0.25) is 0 Å². The molecule has 3 heterocycles. The fourth-order valence-electron chi connectivity index (χ4n) is 5.10. The summed E-state index contributed by atoms with van der Waals surface area (Å²) in [6.45, 7) is 0.00471. The van der Waals surface area contributed by atoms with Crippen LogP contribution in [0.5, 0.6) is 0 Å². The molecule has 3 unspecified atom stereocenters. The van der Waals surface area contributed by atoms with E-state index < -0.39 is 30.2 Å². The topological polar surface area (TPSA) is 79.6 Å². The standard InChI is InChI=1S/C23H25F3N4O3/c1-32-12-15-18(21-27-11-16(33-21)13-7-5-6-8-13)22(31)30-20(28-15)17(14-9-3-2-4-10-14)19(29-30)23(24,25)26/h2-4,9-11,13,17,19-20,28-29H,5-8,12H2,1H3. The van der Waals surface area contributed by atoms with E-state index in [9.17, 15) is 18.0 Å². The van der Waals surface area contributed by atoms with Crippen molar-refractivity contribution < 1.29 is 27.1 Å². The van der Waals surface area contributed by atoms with Gasteiger partial charge in [-0.3, -0.25) is 4.79 Å². The first-order valence-electron chi connectivity index (χ1n) is 11.0. The molecule has 1 aromatic carbocycles. The second-order valence-electron chi connectivity index (χ2n) is 8.68. The summed E-state index contributed by atoms with van der Waals surface area (Å²) in [5.74, 6) is -0.639. The molecule has 3 atom stereocenters. The Kier molecular flexibility index (Phi) is 5.65. The van der Waals surface area contributed by atoms with Crippen LogP contribution in [-0.2, 0) is 9.53 Å². The summed E-state index contributed by atoms with van der Waals surface area (Å²) < 4.78 is 53.2. The largest absolute Gasteiger partial charge is 0.441 e. The Balaban J connectivity index is 1.54. The second kappa shape index (κ2) is 8.49. The Morgan fingerprint density at radius 3 is 2.61 bits per heavy atom. The number of benzene rings is 1. The predicted octanol–water partition coefficient (Wildman–Crippen LogP) is 3.68. The molecule has 1 aromatic heterocycles. The van der Waals surface area contributed by atoms with Crippen LogP contribution in [-0.4, -0.2) is 48.0 Å². The molecule has 1 saturated heterocycles. The Hall–Kier alpha value is -2.85. The fourth-order valence-corrected chi connectivity index (χ4v) is 5.10. The maximum absolute atomic E-state index is 14.0. The lowest BCUT2D eigenvalue weighted by atomic mass is 9.89. The highest BCUT2D eigenvalue weighted by molar-refractivity contribution is 6.19. The van der Waals surface area contributed by atoms with Crippen molar-refractivity contribution in [2.24, 2.45) is 0 Å². The highest BCUT2D eigenvalue weighted by atomic mass is 19.4. The van der Waals surface area contributed by atoms with Gasteiger partial charge in [-0.25, -0.2) is 15.4 Å². The number of nitrogens with zero attached hydrogens (tertiary/aromatic N) is 2. The number of hydrazine groups is 1. The molecule has 2 aliphatic heterocycles. The summed E-state index contributed by atoms with van der Waals surface area (Å²) in [6, 6.07) is 6.44. The van der Waals surface area contributed by atoms with E-state index >= 15 is 0 Å². The Bertz CT molecular complexity index is 1050. The Labute approximate surface area is 189 Å². The molecule has 1 aliphatic carbocycles. The average Bonchev–Trinajstić information content (AvgIpc) is 3.53. The van der Waals surface area contributed by atoms with Gasteiger partial charge in [0.25, 0.3) is 5.91 Å². The van der Waals surface area contributed by atoms with Crippen molar-refractivity contribution in [3.05, 3.63) is 59.4 Å². The normalized spacial score (nSPS) is 26.1. The molecule has 3 aliphatic rings. The zero-order valence-corrected chi connectivity index (χ0v) is 18.1. The number of nitrogens with one attached hydrogen (secondary N) is 2. The minimum atomic E-state index is -4.57. The van der Waals surface area contributed by atoms with E-state index in [0.29, 0.717) is 17.0 Å². The summed E-state index contributed by atoms with van der Waals surface area (Å²) in [7, 11) is 1.46. The number of halogens is 3. The maximum atomic E-state index is 14.0. The van der Waals surface area contributed by atoms with Gasteiger partial charge in [-0.2, -0.15) is 13.2 Å². The molecule has 2 aromatic rings. The molecule has 1 saturated carbocycles. The summed E-state index contributed by atoms with van der Waals surface area (Å²) in [5.41, 5.74) is 3.32. The number of alkyl halides is 3. The quantitative estimate of drug-likeness (QED) is 0.706. The van der Waals surface area contributed by atoms with Gasteiger partial charge in [0.05, 0.1) is 24.4 Å². The molecule has 7 nitrogen and oxygen atoms in total. The number of methoxy groups -OCH3 is 1. The number of carbonyl (C=O) groups is 1. The molecule has 0 spiro atoms. The van der Waals surface area contributed by atoms with Gasteiger partial charge in [-0.05, 0) is 18.4 Å². The monoisotopic (exact) mass is 462 g/mol. The molecule has 5 rings (SSSR count). The first-order valence-corrected chi connectivity index (χ1v) is 11.0.